The van der Waals surface area contributed by atoms with Gasteiger partial charge in [-0.3, -0.25) is 0 Å². The van der Waals surface area contributed by atoms with Crippen molar-refractivity contribution in [3.63, 3.8) is 0 Å². The largest absolute Gasteiger partial charge is 0.509 e. The Morgan fingerprint density at radius 2 is 1.12 bits per heavy atom. The molecule has 3 heterocycles. The van der Waals surface area contributed by atoms with Gasteiger partial charge in [0.05, 0.1) is 14.9 Å². The summed E-state index contributed by atoms with van der Waals surface area (Å²) in [6.45, 7) is 26.8. The van der Waals surface area contributed by atoms with Gasteiger partial charge in [-0.1, -0.05) is 196 Å². The molecular formula is C68H65N4OPtSi-3. The van der Waals surface area contributed by atoms with Crippen LogP contribution in [0.1, 0.15) is 85.9 Å². The molecule has 0 unspecified atom stereocenters. The fourth-order valence-corrected chi connectivity index (χ4v) is 13.2. The summed E-state index contributed by atoms with van der Waals surface area (Å²) in [5.74, 6) is 1.86. The number of para-hydroxylation sites is 4. The first kappa shape index (κ1) is 45.4. The third-order valence-electron chi connectivity index (χ3n) is 14.5. The van der Waals surface area contributed by atoms with E-state index in [4.69, 9.17) is 13.8 Å². The minimum atomic E-state index is -2.20. The van der Waals surface area contributed by atoms with Crippen LogP contribution in [0.25, 0.3) is 33.4 Å². The van der Waals surface area contributed by atoms with E-state index < -0.39 is 26.2 Å². The number of fused-ring (bicyclic) bond motifs is 3. The molecule has 0 fully saturated rings. The van der Waals surface area contributed by atoms with Crippen molar-refractivity contribution < 1.29 is 32.7 Å². The average molecular weight is 1180 g/mol. The van der Waals surface area contributed by atoms with Crippen molar-refractivity contribution in [2.24, 2.45) is 0 Å². The second kappa shape index (κ2) is 19.6. The van der Waals surface area contributed by atoms with Crippen molar-refractivity contribution in [1.82, 2.24) is 4.98 Å². The molecule has 5 nitrogen and oxygen atoms in total. The van der Waals surface area contributed by atoms with Crippen LogP contribution in [0.15, 0.2) is 188 Å². The molecule has 0 saturated carbocycles. The van der Waals surface area contributed by atoms with Gasteiger partial charge in [-0.05, 0) is 96.8 Å². The number of pyridine rings is 1. The van der Waals surface area contributed by atoms with Crippen LogP contribution < -0.4 is 29.8 Å². The van der Waals surface area contributed by atoms with Crippen LogP contribution in [0.4, 0.5) is 39.9 Å². The Labute approximate surface area is 468 Å². The fourth-order valence-electron chi connectivity index (χ4n) is 10.3. The van der Waals surface area contributed by atoms with Crippen molar-refractivity contribution in [3.05, 3.63) is 224 Å². The van der Waals surface area contributed by atoms with E-state index in [-0.39, 0.29) is 55.0 Å². The van der Waals surface area contributed by atoms with Gasteiger partial charge in [0.2, 0.25) is 0 Å². The summed E-state index contributed by atoms with van der Waals surface area (Å²) in [4.78, 5) is 11.3. The predicted molar refractivity (Wildman–Crippen MR) is 314 cm³/mol. The maximum absolute atomic E-state index is 9.33. The molecule has 11 rings (SSSR count). The Hall–Kier alpha value is -6.98. The maximum atomic E-state index is 9.33. The summed E-state index contributed by atoms with van der Waals surface area (Å²) in [6, 6.07) is 58.0. The van der Waals surface area contributed by atoms with Gasteiger partial charge in [-0.2, -0.15) is 12.1 Å². The molecule has 0 saturated heterocycles. The number of ether oxygens (including phenoxy) is 1. The molecule has 0 amide bonds. The Balaban J connectivity index is 0.00000720. The number of nitrogens with zero attached hydrogens (tertiary/aromatic N) is 4. The van der Waals surface area contributed by atoms with E-state index in [1.807, 2.05) is 67.5 Å². The van der Waals surface area contributed by atoms with Crippen molar-refractivity contribution in [2.45, 2.75) is 91.7 Å². The van der Waals surface area contributed by atoms with Gasteiger partial charge in [0, 0.05) is 72.6 Å². The van der Waals surface area contributed by atoms with Gasteiger partial charge >= 0.3 is 0 Å². The first-order chi connectivity index (χ1) is 37.4. The molecule has 1 aromatic heterocycles. The van der Waals surface area contributed by atoms with Crippen LogP contribution in [-0.4, -0.2) is 13.1 Å². The summed E-state index contributed by atoms with van der Waals surface area (Å²) in [6.07, 6.45) is 1.90. The Kier molecular flexibility index (Phi) is 11.9. The van der Waals surface area contributed by atoms with Crippen LogP contribution in [0.5, 0.6) is 11.5 Å². The second-order valence-corrected chi connectivity index (χ2v) is 27.5. The van der Waals surface area contributed by atoms with E-state index in [1.54, 1.807) is 0 Å². The first-order valence-electron chi connectivity index (χ1n) is 28.0. The Morgan fingerprint density at radius 3 is 1.84 bits per heavy atom. The minimum Gasteiger partial charge on any atom is -0.509 e. The summed E-state index contributed by atoms with van der Waals surface area (Å²) in [5.41, 5.74) is 12.7. The first-order valence-corrected chi connectivity index (χ1v) is 28.5. The van der Waals surface area contributed by atoms with Gasteiger partial charge in [0.25, 0.3) is 0 Å². The third kappa shape index (κ3) is 9.80. The zero-order valence-electron chi connectivity index (χ0n) is 49.6. The number of hydrogen-bond acceptors (Lipinski definition) is 5. The molecular weight excluding hydrogens is 1110 g/mol. The zero-order valence-corrected chi connectivity index (χ0v) is 47.9. The molecule has 0 atom stereocenters. The van der Waals surface area contributed by atoms with Crippen LogP contribution in [0.3, 0.4) is 0 Å². The van der Waals surface area contributed by atoms with E-state index in [1.165, 1.54) is 21.5 Å². The van der Waals surface area contributed by atoms with E-state index >= 15 is 0 Å². The molecule has 8 aromatic carbocycles. The van der Waals surface area contributed by atoms with Crippen molar-refractivity contribution in [1.29, 1.82) is 0 Å². The number of rotatable bonds is 8. The predicted octanol–water partition coefficient (Wildman–Crippen LogP) is 17.4. The van der Waals surface area contributed by atoms with Crippen LogP contribution in [-0.2, 0) is 37.3 Å². The molecule has 2 aliphatic heterocycles. The zero-order chi connectivity index (χ0) is 56.1. The van der Waals surface area contributed by atoms with E-state index in [9.17, 15) is 2.74 Å². The van der Waals surface area contributed by atoms with E-state index in [2.05, 4.69) is 199 Å². The topological polar surface area (TPSA) is 31.8 Å². The Morgan fingerprint density at radius 1 is 0.520 bits per heavy atom. The maximum Gasteiger partial charge on any atom is 0.135 e. The molecule has 0 aliphatic carbocycles. The molecule has 7 heteroatoms. The van der Waals surface area contributed by atoms with Crippen LogP contribution in [0, 0.1) is 18.8 Å². The average Bonchev–Trinajstić information content (AvgIpc) is 3.98. The number of benzene rings is 8. The Bertz CT molecular complexity index is 3870. The molecule has 75 heavy (non-hydrogen) atoms. The van der Waals surface area contributed by atoms with Gasteiger partial charge in [-0.15, -0.1) is 47.9 Å². The molecule has 0 radical (unpaired) electrons. The fraction of sp³-hybridized carbons (Fsp3) is 0.206. The van der Waals surface area contributed by atoms with Gasteiger partial charge in [0.15, 0.2) is 0 Å². The van der Waals surface area contributed by atoms with Gasteiger partial charge in [-0.25, -0.2) is 4.98 Å². The second-order valence-electron chi connectivity index (χ2n) is 23.1. The summed E-state index contributed by atoms with van der Waals surface area (Å²) in [5, 5.41) is 2.57. The SMILES string of the molecule is [2H]c1c([2H])c([2H])c(-c2cccc(-c3cc(-c4cccc(C(C)(C)C)c4)cc(C(C)(C)C)c3)c2N2[CH-]N(c3[c-]c(Oc4[c-]c5c(cc4)[Si](C)(C)c4ccccc4N5c4cc(C(C)(C)C)ccn4)ccc3)c3ccccc32)c([2H])c1[2H].[Pt]. The quantitative estimate of drug-likeness (QED) is 0.112. The summed E-state index contributed by atoms with van der Waals surface area (Å²) >= 11 is 0. The molecule has 2 aliphatic rings. The van der Waals surface area contributed by atoms with Crippen molar-refractivity contribution in [2.75, 3.05) is 14.7 Å². The normalized spacial score (nSPS) is 14.9. The smallest absolute Gasteiger partial charge is 0.135 e. The van der Waals surface area contributed by atoms with Crippen LogP contribution >= 0.6 is 0 Å². The molecule has 0 N–H and O–H groups in total. The number of aromatic nitrogens is 1. The van der Waals surface area contributed by atoms with Crippen molar-refractivity contribution in [3.8, 4) is 44.9 Å². The van der Waals surface area contributed by atoms with Gasteiger partial charge in [0.1, 0.15) is 5.82 Å². The standard InChI is InChI=1S/C68H65N4OSi.Pt/c1-66(2,3)50-25-19-24-47(39-50)48-38-49(41-52(40-48)68(7,8)9)57-29-21-28-56(46-22-13-12-14-23-46)65(57)71-45-70(58-30-15-16-31-59(58)71)53-26-20-27-54(43-53)73-55-34-35-63-61(44-55)72(60-32-17-18-33-62(60)74(63,10)11)64-42-51(36-37-69-64)67(4,5)6;/h12-42,45H,1-11H3;/q-3;/i12D,13D,14D,22D,23D;. The van der Waals surface area contributed by atoms with Crippen LogP contribution in [0.2, 0.25) is 13.1 Å². The molecule has 0 bridgehead atoms. The summed E-state index contributed by atoms with van der Waals surface area (Å²) in [7, 11) is -2.20. The van der Waals surface area contributed by atoms with Crippen molar-refractivity contribution >= 4 is 58.4 Å². The van der Waals surface area contributed by atoms with E-state index in [0.29, 0.717) is 28.4 Å². The minimum absolute atomic E-state index is 0. The molecule has 0 spiro atoms. The van der Waals surface area contributed by atoms with E-state index in [0.717, 1.165) is 56.4 Å². The number of hydrogen-bond donors (Lipinski definition) is 0. The third-order valence-corrected chi connectivity index (χ3v) is 18.1. The molecule has 9 aromatic rings. The number of anilines is 7. The van der Waals surface area contributed by atoms with Gasteiger partial charge < -0.3 is 19.4 Å². The molecule has 380 valence electrons. The monoisotopic (exact) mass is 1180 g/mol. The summed E-state index contributed by atoms with van der Waals surface area (Å²) < 4.78 is 51.7.